The minimum atomic E-state index is -0.517. The molecule has 0 saturated carbocycles. The maximum Gasteiger partial charge on any atom is 0.260 e. The van der Waals surface area contributed by atoms with Crippen LogP contribution in [0.4, 0.5) is 0 Å². The van der Waals surface area contributed by atoms with E-state index < -0.39 is 6.10 Å². The number of carbonyl (C=O) groups is 1. The van der Waals surface area contributed by atoms with Gasteiger partial charge >= 0.3 is 0 Å². The molecule has 2 aromatic rings. The molecule has 1 atom stereocenters. The van der Waals surface area contributed by atoms with Crippen LogP contribution in [0.5, 0.6) is 11.5 Å². The molecule has 4 nitrogen and oxygen atoms in total. The summed E-state index contributed by atoms with van der Waals surface area (Å²) in [6, 6.07) is 15.8. The monoisotopic (exact) mass is 355 g/mol. The van der Waals surface area contributed by atoms with Gasteiger partial charge in [0, 0.05) is 6.54 Å². The predicted octanol–water partition coefficient (Wildman–Crippen LogP) is 4.30. The predicted molar refractivity (Wildman–Crippen MR) is 105 cm³/mol. The number of nitrogens with one attached hydrogen (secondary N) is 1. The minimum Gasteiger partial charge on any atom is -0.493 e. The maximum atomic E-state index is 12.2. The highest BCUT2D eigenvalue weighted by atomic mass is 16.5. The van der Waals surface area contributed by atoms with Gasteiger partial charge in [0.2, 0.25) is 0 Å². The first-order valence-corrected chi connectivity index (χ1v) is 9.32. The van der Waals surface area contributed by atoms with Gasteiger partial charge in [0.1, 0.15) is 11.5 Å². The largest absolute Gasteiger partial charge is 0.493 e. The fourth-order valence-electron chi connectivity index (χ4n) is 2.63. The van der Waals surface area contributed by atoms with Crippen molar-refractivity contribution in [1.82, 2.24) is 5.32 Å². The van der Waals surface area contributed by atoms with Crippen molar-refractivity contribution in [1.29, 1.82) is 0 Å². The highest BCUT2D eigenvalue weighted by molar-refractivity contribution is 5.80. The molecule has 2 aromatic carbocycles. The standard InChI is InChI=1S/C22H29NO3/c1-4-16-25-21-14-8-6-11-19(21)12-9-15-23-22(24)18(3)26-20-13-7-5-10-17(20)2/h5-8,10-11,13-14,18H,4,9,12,15-16H2,1-3H3,(H,23,24). The summed E-state index contributed by atoms with van der Waals surface area (Å²) in [7, 11) is 0. The second-order valence-corrected chi connectivity index (χ2v) is 6.38. The summed E-state index contributed by atoms with van der Waals surface area (Å²) < 4.78 is 11.5. The van der Waals surface area contributed by atoms with Crippen LogP contribution in [0, 0.1) is 6.92 Å². The molecule has 140 valence electrons. The first-order valence-electron chi connectivity index (χ1n) is 9.32. The van der Waals surface area contributed by atoms with Gasteiger partial charge in [0.15, 0.2) is 6.10 Å². The van der Waals surface area contributed by atoms with Crippen molar-refractivity contribution in [2.24, 2.45) is 0 Å². The number of hydrogen-bond donors (Lipinski definition) is 1. The van der Waals surface area contributed by atoms with Crippen molar-refractivity contribution < 1.29 is 14.3 Å². The van der Waals surface area contributed by atoms with E-state index in [0.717, 1.165) is 42.9 Å². The summed E-state index contributed by atoms with van der Waals surface area (Å²) in [5.41, 5.74) is 2.20. The molecule has 0 aromatic heterocycles. The van der Waals surface area contributed by atoms with E-state index in [1.54, 1.807) is 6.92 Å². The van der Waals surface area contributed by atoms with Gasteiger partial charge in [-0.15, -0.1) is 0 Å². The number of ether oxygens (including phenoxy) is 2. The van der Waals surface area contributed by atoms with E-state index in [9.17, 15) is 4.79 Å². The van der Waals surface area contributed by atoms with Gasteiger partial charge in [-0.1, -0.05) is 43.3 Å². The van der Waals surface area contributed by atoms with E-state index in [1.165, 1.54) is 5.56 Å². The molecule has 0 spiro atoms. The Labute approximate surface area is 156 Å². The summed E-state index contributed by atoms with van der Waals surface area (Å²) >= 11 is 0. The number of hydrogen-bond acceptors (Lipinski definition) is 3. The van der Waals surface area contributed by atoms with Crippen molar-refractivity contribution >= 4 is 5.91 Å². The van der Waals surface area contributed by atoms with Gasteiger partial charge in [-0.2, -0.15) is 0 Å². The zero-order valence-electron chi connectivity index (χ0n) is 16.0. The summed E-state index contributed by atoms with van der Waals surface area (Å²) in [4.78, 5) is 12.2. The van der Waals surface area contributed by atoms with E-state index >= 15 is 0 Å². The van der Waals surface area contributed by atoms with E-state index in [0.29, 0.717) is 6.54 Å². The quantitative estimate of drug-likeness (QED) is 0.647. The van der Waals surface area contributed by atoms with E-state index in [1.807, 2.05) is 49.4 Å². The van der Waals surface area contributed by atoms with Gasteiger partial charge in [-0.25, -0.2) is 0 Å². The van der Waals surface area contributed by atoms with Crippen LogP contribution in [-0.4, -0.2) is 25.2 Å². The Morgan fingerprint density at radius 2 is 1.77 bits per heavy atom. The van der Waals surface area contributed by atoms with Crippen LogP contribution in [0.1, 0.15) is 37.8 Å². The molecule has 0 aliphatic rings. The molecule has 2 rings (SSSR count). The molecule has 0 radical (unpaired) electrons. The lowest BCUT2D eigenvalue weighted by Crippen LogP contribution is -2.37. The lowest BCUT2D eigenvalue weighted by molar-refractivity contribution is -0.127. The zero-order chi connectivity index (χ0) is 18.8. The normalized spacial score (nSPS) is 11.7. The van der Waals surface area contributed by atoms with Crippen molar-refractivity contribution in [3.8, 4) is 11.5 Å². The third-order valence-corrected chi connectivity index (χ3v) is 4.12. The van der Waals surface area contributed by atoms with Crippen LogP contribution < -0.4 is 14.8 Å². The Morgan fingerprint density at radius 1 is 1.08 bits per heavy atom. The van der Waals surface area contributed by atoms with Crippen molar-refractivity contribution in [2.45, 2.75) is 46.1 Å². The van der Waals surface area contributed by atoms with Gasteiger partial charge in [0.25, 0.3) is 5.91 Å². The Hall–Kier alpha value is -2.49. The number of benzene rings is 2. The molecular weight excluding hydrogens is 326 g/mol. The molecule has 26 heavy (non-hydrogen) atoms. The second-order valence-electron chi connectivity index (χ2n) is 6.38. The van der Waals surface area contributed by atoms with Crippen LogP contribution in [0.15, 0.2) is 48.5 Å². The van der Waals surface area contributed by atoms with Crippen molar-refractivity contribution in [3.05, 3.63) is 59.7 Å². The highest BCUT2D eigenvalue weighted by Gasteiger charge is 2.14. The zero-order valence-corrected chi connectivity index (χ0v) is 16.0. The SMILES string of the molecule is CCCOc1ccccc1CCCNC(=O)C(C)Oc1ccccc1C. The van der Waals surface area contributed by atoms with Crippen LogP contribution in [-0.2, 0) is 11.2 Å². The number of para-hydroxylation sites is 2. The average molecular weight is 355 g/mol. The van der Waals surface area contributed by atoms with Gasteiger partial charge < -0.3 is 14.8 Å². The molecule has 0 saturated heterocycles. The topological polar surface area (TPSA) is 47.6 Å². The van der Waals surface area contributed by atoms with Gasteiger partial charge in [-0.3, -0.25) is 4.79 Å². The summed E-state index contributed by atoms with van der Waals surface area (Å²) in [5.74, 6) is 1.60. The molecular formula is C22H29NO3. The molecule has 1 unspecified atom stereocenters. The first kappa shape index (κ1) is 19.8. The number of rotatable bonds is 10. The van der Waals surface area contributed by atoms with E-state index in [2.05, 4.69) is 18.3 Å². The Morgan fingerprint density at radius 3 is 2.50 bits per heavy atom. The molecule has 4 heteroatoms. The Kier molecular flexibility index (Phi) is 8.00. The Balaban J connectivity index is 1.75. The molecule has 0 bridgehead atoms. The third kappa shape index (κ3) is 6.10. The van der Waals surface area contributed by atoms with Crippen molar-refractivity contribution in [2.75, 3.05) is 13.2 Å². The minimum absolute atomic E-state index is 0.0937. The fraction of sp³-hybridized carbons (Fsp3) is 0.409. The van der Waals surface area contributed by atoms with E-state index in [-0.39, 0.29) is 5.91 Å². The molecule has 0 aliphatic carbocycles. The Bertz CT molecular complexity index is 699. The number of amides is 1. The van der Waals surface area contributed by atoms with Gasteiger partial charge in [-0.05, 0) is 56.4 Å². The molecule has 1 amide bonds. The van der Waals surface area contributed by atoms with Crippen LogP contribution in [0.3, 0.4) is 0 Å². The molecule has 0 fully saturated rings. The molecule has 1 N–H and O–H groups in total. The lowest BCUT2D eigenvalue weighted by atomic mass is 10.1. The average Bonchev–Trinajstić information content (AvgIpc) is 2.65. The van der Waals surface area contributed by atoms with Crippen LogP contribution >= 0.6 is 0 Å². The summed E-state index contributed by atoms with van der Waals surface area (Å²) in [6.07, 6.45) is 2.20. The summed E-state index contributed by atoms with van der Waals surface area (Å²) in [6.45, 7) is 7.18. The smallest absolute Gasteiger partial charge is 0.260 e. The van der Waals surface area contributed by atoms with Crippen LogP contribution in [0.25, 0.3) is 0 Å². The highest BCUT2D eigenvalue weighted by Crippen LogP contribution is 2.20. The second kappa shape index (κ2) is 10.5. The van der Waals surface area contributed by atoms with E-state index in [4.69, 9.17) is 9.47 Å². The molecule has 0 aliphatic heterocycles. The van der Waals surface area contributed by atoms with Gasteiger partial charge in [0.05, 0.1) is 6.61 Å². The number of carbonyl (C=O) groups excluding carboxylic acids is 1. The molecule has 0 heterocycles. The van der Waals surface area contributed by atoms with Crippen LogP contribution in [0.2, 0.25) is 0 Å². The maximum absolute atomic E-state index is 12.2. The summed E-state index contributed by atoms with van der Waals surface area (Å²) in [5, 5.41) is 2.95. The van der Waals surface area contributed by atoms with Crippen molar-refractivity contribution in [3.63, 3.8) is 0 Å². The fourth-order valence-corrected chi connectivity index (χ4v) is 2.63. The number of aryl methyl sites for hydroxylation is 2. The third-order valence-electron chi connectivity index (χ3n) is 4.12. The first-order chi connectivity index (χ1) is 12.6. The lowest BCUT2D eigenvalue weighted by Gasteiger charge is -2.16.